The van der Waals surface area contributed by atoms with Gasteiger partial charge in [0.2, 0.25) is 0 Å². The third kappa shape index (κ3) is 4.73. The maximum absolute atomic E-state index is 12.4. The van der Waals surface area contributed by atoms with Crippen LogP contribution in [0.4, 0.5) is 10.1 Å². The van der Waals surface area contributed by atoms with Crippen molar-refractivity contribution < 1.29 is 14.3 Å². The Morgan fingerprint density at radius 2 is 2.03 bits per heavy atom. The normalized spacial score (nSPS) is 19.1. The molecular formula is C25H29FN2O2. The van der Waals surface area contributed by atoms with Crippen molar-refractivity contribution in [2.75, 3.05) is 31.6 Å². The van der Waals surface area contributed by atoms with Gasteiger partial charge in [-0.15, -0.1) is 0 Å². The van der Waals surface area contributed by atoms with Crippen LogP contribution in [0, 0.1) is 0 Å². The highest BCUT2D eigenvalue weighted by molar-refractivity contribution is 5.90. The van der Waals surface area contributed by atoms with Crippen molar-refractivity contribution in [1.82, 2.24) is 4.90 Å². The Hall–Kier alpha value is -2.66. The number of aryl methyl sites for hydroxylation is 1. The quantitative estimate of drug-likeness (QED) is 0.677. The fourth-order valence-corrected chi connectivity index (χ4v) is 4.54. The lowest BCUT2D eigenvalue weighted by Gasteiger charge is -2.17. The molecule has 5 heteroatoms. The van der Waals surface area contributed by atoms with Crippen LogP contribution in [-0.4, -0.2) is 48.3 Å². The second kappa shape index (κ2) is 9.43. The Bertz CT molecular complexity index is 923. The lowest BCUT2D eigenvalue weighted by atomic mass is 9.92. The number of halogens is 1. The highest BCUT2D eigenvalue weighted by atomic mass is 19.1. The minimum absolute atomic E-state index is 0.243. The zero-order valence-electron chi connectivity index (χ0n) is 17.2. The molecule has 0 aromatic heterocycles. The summed E-state index contributed by atoms with van der Waals surface area (Å²) < 4.78 is 12.4. The molecule has 4 nitrogen and oxygen atoms in total. The number of nitrogens with zero attached hydrogens (tertiary/aromatic N) is 1. The molecule has 4 rings (SSSR count). The first-order valence-electron chi connectivity index (χ1n) is 10.9. The van der Waals surface area contributed by atoms with Crippen molar-refractivity contribution >= 4 is 17.2 Å². The first-order valence-corrected chi connectivity index (χ1v) is 10.9. The number of carbonyl (C=O) groups is 1. The van der Waals surface area contributed by atoms with Gasteiger partial charge in [0.05, 0.1) is 12.2 Å². The van der Waals surface area contributed by atoms with Gasteiger partial charge in [0.15, 0.2) is 0 Å². The largest absolute Gasteiger partial charge is 0.478 e. The summed E-state index contributed by atoms with van der Waals surface area (Å²) in [4.78, 5) is 13.7. The molecule has 2 aromatic rings. The van der Waals surface area contributed by atoms with E-state index in [0.717, 1.165) is 67.7 Å². The Kier molecular flexibility index (Phi) is 6.48. The lowest BCUT2D eigenvalue weighted by Crippen LogP contribution is -2.27. The summed E-state index contributed by atoms with van der Waals surface area (Å²) in [5.74, 6) is -0.877. The standard InChI is InChI=1S/C25H29FN2O2/c26-13-3-14-28-15-12-22(17-28)27-21-9-6-18(7-10-21)23-5-2-1-4-19-16-20(25(29)30)8-11-24(19)23/h5-11,16,22,27H,1-4,12-15,17H2,(H,29,30)/t22-/m0/s1. The number of allylic oxidation sites excluding steroid dienone is 1. The fraction of sp³-hybridized carbons (Fsp3) is 0.400. The number of anilines is 1. The maximum atomic E-state index is 12.4. The van der Waals surface area contributed by atoms with Crippen molar-refractivity contribution in [3.05, 3.63) is 70.8 Å². The molecule has 1 atom stereocenters. The van der Waals surface area contributed by atoms with Crippen molar-refractivity contribution in [2.45, 2.75) is 38.1 Å². The highest BCUT2D eigenvalue weighted by Crippen LogP contribution is 2.32. The van der Waals surface area contributed by atoms with Gasteiger partial charge in [0, 0.05) is 31.4 Å². The van der Waals surface area contributed by atoms with Crippen molar-refractivity contribution in [1.29, 1.82) is 0 Å². The van der Waals surface area contributed by atoms with Crippen LogP contribution in [-0.2, 0) is 6.42 Å². The summed E-state index contributed by atoms with van der Waals surface area (Å²) >= 11 is 0. The van der Waals surface area contributed by atoms with Crippen LogP contribution < -0.4 is 5.32 Å². The number of nitrogens with one attached hydrogen (secondary N) is 1. The van der Waals surface area contributed by atoms with Gasteiger partial charge in [-0.05, 0) is 78.6 Å². The number of hydrogen-bond acceptors (Lipinski definition) is 3. The smallest absolute Gasteiger partial charge is 0.335 e. The molecule has 0 spiro atoms. The van der Waals surface area contributed by atoms with Gasteiger partial charge in [-0.2, -0.15) is 0 Å². The van der Waals surface area contributed by atoms with Crippen LogP contribution in [0.5, 0.6) is 0 Å². The summed E-state index contributed by atoms with van der Waals surface area (Å²) in [6.45, 7) is 2.58. The van der Waals surface area contributed by atoms with Crippen LogP contribution in [0.3, 0.4) is 0 Å². The van der Waals surface area contributed by atoms with E-state index in [1.54, 1.807) is 6.07 Å². The molecule has 2 aliphatic rings. The van der Waals surface area contributed by atoms with Gasteiger partial charge in [0.1, 0.15) is 0 Å². The summed E-state index contributed by atoms with van der Waals surface area (Å²) in [5.41, 5.74) is 6.04. The maximum Gasteiger partial charge on any atom is 0.335 e. The molecule has 1 aliphatic heterocycles. The predicted octanol–water partition coefficient (Wildman–Crippen LogP) is 5.00. The molecule has 1 saturated heterocycles. The van der Waals surface area contributed by atoms with Crippen LogP contribution in [0.2, 0.25) is 0 Å². The molecule has 1 fully saturated rings. The van der Waals surface area contributed by atoms with Crippen LogP contribution in [0.25, 0.3) is 5.57 Å². The lowest BCUT2D eigenvalue weighted by molar-refractivity contribution is 0.0696. The number of alkyl halides is 1. The van der Waals surface area contributed by atoms with E-state index in [4.69, 9.17) is 0 Å². The van der Waals surface area contributed by atoms with Gasteiger partial charge in [0.25, 0.3) is 0 Å². The van der Waals surface area contributed by atoms with Crippen LogP contribution in [0.1, 0.15) is 52.7 Å². The zero-order valence-corrected chi connectivity index (χ0v) is 17.2. The molecule has 30 heavy (non-hydrogen) atoms. The van der Waals surface area contributed by atoms with Gasteiger partial charge >= 0.3 is 5.97 Å². The second-order valence-corrected chi connectivity index (χ2v) is 8.24. The van der Waals surface area contributed by atoms with E-state index in [1.165, 1.54) is 5.57 Å². The minimum atomic E-state index is -0.877. The molecule has 158 valence electrons. The van der Waals surface area contributed by atoms with E-state index >= 15 is 0 Å². The predicted molar refractivity (Wildman–Crippen MR) is 119 cm³/mol. The summed E-state index contributed by atoms with van der Waals surface area (Å²) in [6, 6.07) is 14.4. The van der Waals surface area contributed by atoms with Gasteiger partial charge < -0.3 is 15.3 Å². The average Bonchev–Trinajstić information content (AvgIpc) is 3.09. The second-order valence-electron chi connectivity index (χ2n) is 8.24. The average molecular weight is 409 g/mol. The molecule has 2 N–H and O–H groups in total. The van der Waals surface area contributed by atoms with Crippen molar-refractivity contribution in [3.8, 4) is 0 Å². The Morgan fingerprint density at radius 3 is 2.80 bits per heavy atom. The number of carboxylic acid groups (broad SMARTS) is 1. The SMILES string of the molecule is O=C(O)c1ccc2c(c1)CCCC=C2c1ccc(N[C@H]2CCN(CCCF)C2)cc1. The molecule has 0 radical (unpaired) electrons. The van der Waals surface area contributed by atoms with E-state index in [-0.39, 0.29) is 6.67 Å². The van der Waals surface area contributed by atoms with Crippen LogP contribution >= 0.6 is 0 Å². The number of fused-ring (bicyclic) bond motifs is 1. The molecule has 0 bridgehead atoms. The molecule has 2 aromatic carbocycles. The number of carboxylic acids is 1. The molecule has 0 amide bonds. The van der Waals surface area contributed by atoms with E-state index in [9.17, 15) is 14.3 Å². The first kappa shape index (κ1) is 20.6. The molecule has 1 aliphatic carbocycles. The zero-order chi connectivity index (χ0) is 20.9. The number of hydrogen-bond donors (Lipinski definition) is 2. The molecule has 1 heterocycles. The van der Waals surface area contributed by atoms with Gasteiger partial charge in [-0.3, -0.25) is 4.39 Å². The van der Waals surface area contributed by atoms with Crippen molar-refractivity contribution in [3.63, 3.8) is 0 Å². The summed E-state index contributed by atoms with van der Waals surface area (Å²) in [6.07, 6.45) is 6.89. The number of rotatable bonds is 7. The third-order valence-electron chi connectivity index (χ3n) is 6.09. The minimum Gasteiger partial charge on any atom is -0.478 e. The van der Waals surface area contributed by atoms with E-state index in [1.807, 2.05) is 12.1 Å². The summed E-state index contributed by atoms with van der Waals surface area (Å²) in [5, 5.41) is 12.9. The number of aromatic carboxylic acids is 1. The number of benzene rings is 2. The van der Waals surface area contributed by atoms with E-state index in [2.05, 4.69) is 40.6 Å². The van der Waals surface area contributed by atoms with E-state index in [0.29, 0.717) is 18.0 Å². The van der Waals surface area contributed by atoms with Crippen molar-refractivity contribution in [2.24, 2.45) is 0 Å². The van der Waals surface area contributed by atoms with Crippen LogP contribution in [0.15, 0.2) is 48.5 Å². The Morgan fingerprint density at radius 1 is 1.20 bits per heavy atom. The Labute approximate surface area is 177 Å². The third-order valence-corrected chi connectivity index (χ3v) is 6.09. The fourth-order valence-electron chi connectivity index (χ4n) is 4.54. The van der Waals surface area contributed by atoms with Gasteiger partial charge in [-0.25, -0.2) is 4.79 Å². The van der Waals surface area contributed by atoms with Gasteiger partial charge in [-0.1, -0.05) is 24.3 Å². The monoisotopic (exact) mass is 408 g/mol. The Balaban J connectivity index is 1.47. The number of likely N-dealkylation sites (tertiary alicyclic amines) is 1. The summed E-state index contributed by atoms with van der Waals surface area (Å²) in [7, 11) is 0. The van der Waals surface area contributed by atoms with E-state index < -0.39 is 5.97 Å². The molecule has 0 saturated carbocycles. The highest BCUT2D eigenvalue weighted by Gasteiger charge is 2.22. The first-order chi connectivity index (χ1) is 14.6. The topological polar surface area (TPSA) is 52.6 Å². The molecule has 0 unspecified atom stereocenters. The molecular weight excluding hydrogens is 379 g/mol.